The number of aliphatic hydroxyl groups is 2. The zero-order valence-corrected chi connectivity index (χ0v) is 22.7. The first-order valence-corrected chi connectivity index (χ1v) is 12.6. The third-order valence-electron chi connectivity index (χ3n) is 7.24. The summed E-state index contributed by atoms with van der Waals surface area (Å²) >= 11 is 0. The van der Waals surface area contributed by atoms with E-state index < -0.39 is 34.1 Å². The van der Waals surface area contributed by atoms with Crippen LogP contribution in [0.4, 0.5) is 5.69 Å². The van der Waals surface area contributed by atoms with E-state index in [0.717, 1.165) is 5.69 Å². The SMILES string of the molecule is [B]C1=C(c2nc(C3CC(C)(C)OC(C)(C)C3)ccc2NC(=O)c2ncc(C#N)[nH]2)C([B])(O)CC(C)(C)C1O. The summed E-state index contributed by atoms with van der Waals surface area (Å²) in [4.78, 5) is 24.5. The quantitative estimate of drug-likeness (QED) is 0.461. The van der Waals surface area contributed by atoms with Crippen LogP contribution in [0.2, 0.25) is 0 Å². The number of carbonyl (C=O) groups is 1. The molecular formula is C27H33B2N5O4. The van der Waals surface area contributed by atoms with Crippen molar-refractivity contribution in [3.05, 3.63) is 46.7 Å². The number of nitrogens with zero attached hydrogens (tertiary/aromatic N) is 3. The number of rotatable bonds is 4. The predicted molar refractivity (Wildman–Crippen MR) is 144 cm³/mol. The fraction of sp³-hybridized carbons (Fsp3) is 0.556. The number of anilines is 1. The molecule has 1 amide bonds. The molecule has 1 fully saturated rings. The molecule has 2 aromatic rings. The predicted octanol–water partition coefficient (Wildman–Crippen LogP) is 2.91. The Morgan fingerprint density at radius 3 is 2.42 bits per heavy atom. The van der Waals surface area contributed by atoms with E-state index in [1.807, 2.05) is 39.8 Å². The fourth-order valence-electron chi connectivity index (χ4n) is 6.00. The van der Waals surface area contributed by atoms with Crippen molar-refractivity contribution in [2.75, 3.05) is 5.32 Å². The first-order chi connectivity index (χ1) is 17.4. The van der Waals surface area contributed by atoms with Crippen LogP contribution in [-0.2, 0) is 4.74 Å². The molecule has 0 aromatic carbocycles. The number of nitriles is 1. The minimum atomic E-state index is -1.93. The van der Waals surface area contributed by atoms with Gasteiger partial charge >= 0.3 is 0 Å². The first-order valence-electron chi connectivity index (χ1n) is 12.6. The molecule has 11 heteroatoms. The van der Waals surface area contributed by atoms with E-state index in [-0.39, 0.29) is 46.3 Å². The fourth-order valence-corrected chi connectivity index (χ4v) is 6.00. The first kappa shape index (κ1) is 28.1. The number of amides is 1. The Bertz CT molecular complexity index is 1320. The molecule has 2 aromatic heterocycles. The van der Waals surface area contributed by atoms with Gasteiger partial charge in [-0.3, -0.25) is 9.78 Å². The Kier molecular flexibility index (Phi) is 6.92. The normalized spacial score (nSPS) is 26.6. The van der Waals surface area contributed by atoms with Gasteiger partial charge in [0.2, 0.25) is 0 Å². The average molecular weight is 513 g/mol. The number of hydrogen-bond acceptors (Lipinski definition) is 7. The Hall–Kier alpha value is -2.93. The monoisotopic (exact) mass is 513 g/mol. The van der Waals surface area contributed by atoms with Crippen LogP contribution in [0.15, 0.2) is 23.8 Å². The standard InChI is InChI=1S/C27H33B2N5O4/c1-24(2)13-27(29,37)18(19(28)21(24)35)20-17(34-23(36)22-31-12-15(11-30)32-22)8-7-16(33-20)14-9-25(3,4)38-26(5,6)10-14/h7-8,12,14,21,35,37H,9-10,13H2,1-6H3,(H,31,32)(H,34,36). The van der Waals surface area contributed by atoms with Crippen molar-refractivity contribution in [3.8, 4) is 6.07 Å². The minimum Gasteiger partial charge on any atom is -0.395 e. The van der Waals surface area contributed by atoms with E-state index in [9.17, 15) is 15.0 Å². The summed E-state index contributed by atoms with van der Waals surface area (Å²) in [5.74, 6) is -0.676. The molecule has 0 bridgehead atoms. The molecular weight excluding hydrogens is 480 g/mol. The van der Waals surface area contributed by atoms with Crippen LogP contribution >= 0.6 is 0 Å². The van der Waals surface area contributed by atoms with Crippen molar-refractivity contribution in [1.82, 2.24) is 15.0 Å². The highest BCUT2D eigenvalue weighted by Crippen LogP contribution is 2.48. The zero-order valence-electron chi connectivity index (χ0n) is 22.7. The van der Waals surface area contributed by atoms with Gasteiger partial charge in [0.15, 0.2) is 5.82 Å². The van der Waals surface area contributed by atoms with Gasteiger partial charge in [0.25, 0.3) is 5.91 Å². The highest BCUT2D eigenvalue weighted by molar-refractivity contribution is 6.32. The summed E-state index contributed by atoms with van der Waals surface area (Å²) in [5, 5.41) is 34.2. The van der Waals surface area contributed by atoms with Crippen LogP contribution in [0, 0.1) is 16.7 Å². The summed E-state index contributed by atoms with van der Waals surface area (Å²) in [5.41, 5.74) is -2.20. The van der Waals surface area contributed by atoms with Crippen molar-refractivity contribution in [3.63, 3.8) is 0 Å². The van der Waals surface area contributed by atoms with E-state index in [4.69, 9.17) is 30.7 Å². The second kappa shape index (κ2) is 9.37. The number of hydrogen-bond donors (Lipinski definition) is 4. The van der Waals surface area contributed by atoms with Crippen molar-refractivity contribution >= 4 is 32.9 Å². The summed E-state index contributed by atoms with van der Waals surface area (Å²) in [6, 6.07) is 5.39. The minimum absolute atomic E-state index is 0.0104. The zero-order chi connectivity index (χ0) is 28.3. The number of H-pyrrole nitrogens is 1. The van der Waals surface area contributed by atoms with E-state index in [0.29, 0.717) is 12.8 Å². The number of pyridine rings is 1. The van der Waals surface area contributed by atoms with Crippen molar-refractivity contribution in [1.29, 1.82) is 5.26 Å². The molecule has 1 aliphatic carbocycles. The van der Waals surface area contributed by atoms with Gasteiger partial charge < -0.3 is 25.3 Å². The van der Waals surface area contributed by atoms with E-state index in [1.165, 1.54) is 6.20 Å². The van der Waals surface area contributed by atoms with Crippen LogP contribution in [0.1, 0.15) is 94.4 Å². The van der Waals surface area contributed by atoms with Crippen molar-refractivity contribution in [2.24, 2.45) is 5.41 Å². The highest BCUT2D eigenvalue weighted by Gasteiger charge is 2.46. The largest absolute Gasteiger partial charge is 0.395 e. The van der Waals surface area contributed by atoms with E-state index in [1.54, 1.807) is 19.9 Å². The van der Waals surface area contributed by atoms with Gasteiger partial charge in [-0.05, 0) is 70.1 Å². The highest BCUT2D eigenvalue weighted by atomic mass is 16.5. The Labute approximate surface area is 225 Å². The molecule has 4 N–H and O–H groups in total. The molecule has 2 aliphatic rings. The average Bonchev–Trinajstić information content (AvgIpc) is 3.25. The van der Waals surface area contributed by atoms with Gasteiger partial charge in [0.05, 0.1) is 34.9 Å². The van der Waals surface area contributed by atoms with Crippen LogP contribution in [0.25, 0.3) is 5.57 Å². The third-order valence-corrected chi connectivity index (χ3v) is 7.24. The van der Waals surface area contributed by atoms with Gasteiger partial charge in [-0.15, -0.1) is 0 Å². The van der Waals surface area contributed by atoms with Gasteiger partial charge in [0, 0.05) is 17.1 Å². The number of aromatic nitrogens is 3. The van der Waals surface area contributed by atoms with Crippen LogP contribution < -0.4 is 5.32 Å². The van der Waals surface area contributed by atoms with Crippen LogP contribution in [0.5, 0.6) is 0 Å². The lowest BCUT2D eigenvalue weighted by Crippen LogP contribution is -2.48. The molecule has 1 saturated heterocycles. The van der Waals surface area contributed by atoms with Gasteiger partial charge in [-0.1, -0.05) is 19.3 Å². The Morgan fingerprint density at radius 2 is 1.84 bits per heavy atom. The molecule has 1 aliphatic heterocycles. The van der Waals surface area contributed by atoms with E-state index >= 15 is 0 Å². The lowest BCUT2D eigenvalue weighted by atomic mass is 9.54. The number of ether oxygens (including phenoxy) is 1. The maximum Gasteiger partial charge on any atom is 0.291 e. The Balaban J connectivity index is 1.85. The molecule has 196 valence electrons. The molecule has 2 unspecified atom stereocenters. The third kappa shape index (κ3) is 5.44. The van der Waals surface area contributed by atoms with Gasteiger partial charge in [-0.2, -0.15) is 5.26 Å². The molecule has 38 heavy (non-hydrogen) atoms. The topological polar surface area (TPSA) is 144 Å². The van der Waals surface area contributed by atoms with Crippen molar-refractivity contribution in [2.45, 2.75) is 89.5 Å². The second-order valence-electron chi connectivity index (χ2n) is 12.4. The summed E-state index contributed by atoms with van der Waals surface area (Å²) in [6.07, 6.45) is 1.58. The summed E-state index contributed by atoms with van der Waals surface area (Å²) < 4.78 is 6.24. The summed E-state index contributed by atoms with van der Waals surface area (Å²) in [7, 11) is 12.8. The molecule has 0 spiro atoms. The van der Waals surface area contributed by atoms with E-state index in [2.05, 4.69) is 15.3 Å². The molecule has 4 radical (unpaired) electrons. The number of aromatic amines is 1. The van der Waals surface area contributed by atoms with Gasteiger partial charge in [0.1, 0.15) is 27.5 Å². The molecule has 0 saturated carbocycles. The second-order valence-corrected chi connectivity index (χ2v) is 12.4. The lowest BCUT2D eigenvalue weighted by molar-refractivity contribution is -0.162. The van der Waals surface area contributed by atoms with Gasteiger partial charge in [-0.25, -0.2) is 4.98 Å². The number of imidazole rings is 1. The number of carbonyl (C=O) groups excluding carboxylic acids is 1. The molecule has 4 rings (SSSR count). The maximum atomic E-state index is 13.0. The lowest BCUT2D eigenvalue weighted by Gasteiger charge is -2.47. The molecule has 2 atom stereocenters. The Morgan fingerprint density at radius 1 is 1.21 bits per heavy atom. The smallest absolute Gasteiger partial charge is 0.291 e. The maximum absolute atomic E-state index is 13.0. The van der Waals surface area contributed by atoms with Crippen molar-refractivity contribution < 1.29 is 19.7 Å². The molecule has 9 nitrogen and oxygen atoms in total. The molecule has 3 heterocycles. The number of aliphatic hydroxyl groups excluding tert-OH is 1. The summed E-state index contributed by atoms with van der Waals surface area (Å²) in [6.45, 7) is 11.7. The van der Waals surface area contributed by atoms with Crippen LogP contribution in [-0.4, -0.2) is 69.6 Å². The van der Waals surface area contributed by atoms with Crippen LogP contribution in [0.3, 0.4) is 0 Å². The number of nitrogens with one attached hydrogen (secondary N) is 2.